The van der Waals surface area contributed by atoms with Crippen LogP contribution >= 0.6 is 0 Å². The molecule has 0 amide bonds. The largest absolute Gasteiger partial charge is 0.491 e. The molecule has 0 fully saturated rings. The van der Waals surface area contributed by atoms with Crippen LogP contribution < -0.4 is 4.74 Å². The Balaban J connectivity index is 1.89. The Morgan fingerprint density at radius 1 is 0.897 bits per heavy atom. The van der Waals surface area contributed by atoms with Crippen molar-refractivity contribution in [2.75, 3.05) is 19.8 Å². The van der Waals surface area contributed by atoms with Crippen LogP contribution in [0.25, 0.3) is 22.3 Å². The molecule has 4 nitrogen and oxygen atoms in total. The second-order valence-corrected chi connectivity index (χ2v) is 6.46. The Hall–Kier alpha value is -3.37. The van der Waals surface area contributed by atoms with Crippen LogP contribution in [0.2, 0.25) is 0 Å². The van der Waals surface area contributed by atoms with Crippen LogP contribution in [0.15, 0.2) is 85.5 Å². The topological polar surface area (TPSA) is 55.8 Å². The van der Waals surface area contributed by atoms with E-state index in [0.29, 0.717) is 12.2 Å². The molecule has 0 saturated carbocycles. The molecule has 29 heavy (non-hydrogen) atoms. The number of hydrogen-bond donors (Lipinski definition) is 1. The van der Waals surface area contributed by atoms with Gasteiger partial charge < -0.3 is 14.6 Å². The highest BCUT2D eigenvalue weighted by Gasteiger charge is 2.09. The summed E-state index contributed by atoms with van der Waals surface area (Å²) in [4.78, 5) is 11.4. The zero-order valence-corrected chi connectivity index (χ0v) is 16.2. The van der Waals surface area contributed by atoms with Gasteiger partial charge in [-0.1, -0.05) is 67.2 Å². The maximum atomic E-state index is 11.4. The van der Waals surface area contributed by atoms with Gasteiger partial charge in [0.25, 0.3) is 0 Å². The Bertz CT molecular complexity index is 946. The highest BCUT2D eigenvalue weighted by molar-refractivity contribution is 5.81. The molecule has 0 saturated heterocycles. The Morgan fingerprint density at radius 2 is 1.62 bits per heavy atom. The molecule has 0 heterocycles. The Labute approximate surface area is 171 Å². The van der Waals surface area contributed by atoms with Crippen molar-refractivity contribution >= 4 is 5.97 Å². The van der Waals surface area contributed by atoms with Gasteiger partial charge in [-0.05, 0) is 39.9 Å². The maximum Gasteiger partial charge on any atom is 0.330 e. The summed E-state index contributed by atoms with van der Waals surface area (Å²) in [6.07, 6.45) is 1.77. The molecule has 0 radical (unpaired) electrons. The highest BCUT2D eigenvalue weighted by Crippen LogP contribution is 2.30. The first-order chi connectivity index (χ1) is 14.2. The van der Waals surface area contributed by atoms with Gasteiger partial charge in [-0.25, -0.2) is 4.79 Å². The van der Waals surface area contributed by atoms with Gasteiger partial charge in [0, 0.05) is 12.5 Å². The summed E-state index contributed by atoms with van der Waals surface area (Å²) in [7, 11) is 0. The van der Waals surface area contributed by atoms with E-state index in [1.165, 1.54) is 6.08 Å². The molecule has 3 aromatic rings. The molecule has 1 N–H and O–H groups in total. The summed E-state index contributed by atoms with van der Waals surface area (Å²) in [5, 5.41) is 8.89. The Morgan fingerprint density at radius 3 is 2.31 bits per heavy atom. The fourth-order valence-corrected chi connectivity index (χ4v) is 3.11. The Kier molecular flexibility index (Phi) is 7.20. The van der Waals surface area contributed by atoms with Gasteiger partial charge >= 0.3 is 5.97 Å². The third-order valence-corrected chi connectivity index (χ3v) is 4.52. The molecule has 3 rings (SSSR count). The van der Waals surface area contributed by atoms with Crippen LogP contribution in [0.1, 0.15) is 5.56 Å². The van der Waals surface area contributed by atoms with Crippen molar-refractivity contribution in [3.8, 4) is 28.0 Å². The molecule has 0 atom stereocenters. The number of rotatable bonds is 9. The smallest absolute Gasteiger partial charge is 0.330 e. The van der Waals surface area contributed by atoms with Crippen molar-refractivity contribution in [3.63, 3.8) is 0 Å². The first kappa shape index (κ1) is 20.4. The minimum Gasteiger partial charge on any atom is -0.491 e. The van der Waals surface area contributed by atoms with Crippen LogP contribution in [0.3, 0.4) is 0 Å². The SMILES string of the molecule is C=CC(=O)OCCc1cc(-c2ccccc2)ccc1-c1ccc(OCCO)cc1. The van der Waals surface area contributed by atoms with Crippen molar-refractivity contribution in [1.29, 1.82) is 0 Å². The molecule has 3 aromatic carbocycles. The van der Waals surface area contributed by atoms with Gasteiger partial charge in [-0.15, -0.1) is 0 Å². The molecule has 0 aliphatic carbocycles. The summed E-state index contributed by atoms with van der Waals surface area (Å²) >= 11 is 0. The third kappa shape index (κ3) is 5.56. The summed E-state index contributed by atoms with van der Waals surface area (Å²) < 4.78 is 10.6. The fraction of sp³-hybridized carbons (Fsp3) is 0.160. The third-order valence-electron chi connectivity index (χ3n) is 4.52. The lowest BCUT2D eigenvalue weighted by Gasteiger charge is -2.13. The van der Waals surface area contributed by atoms with E-state index in [-0.39, 0.29) is 19.8 Å². The van der Waals surface area contributed by atoms with E-state index in [2.05, 4.69) is 36.9 Å². The first-order valence-electron chi connectivity index (χ1n) is 9.53. The second-order valence-electron chi connectivity index (χ2n) is 6.46. The fourth-order valence-electron chi connectivity index (χ4n) is 3.11. The predicted octanol–water partition coefficient (Wildman–Crippen LogP) is 4.66. The average Bonchev–Trinajstić information content (AvgIpc) is 2.78. The standard InChI is InChI=1S/C25H24O4/c1-2-25(27)29-16-14-22-18-21(19-6-4-3-5-7-19)10-13-24(22)20-8-11-23(12-9-20)28-17-15-26/h2-13,18,26H,1,14-17H2. The van der Waals surface area contributed by atoms with Gasteiger partial charge in [-0.2, -0.15) is 0 Å². The summed E-state index contributed by atoms with van der Waals surface area (Å²) in [5.41, 5.74) is 5.46. The molecule has 4 heteroatoms. The zero-order valence-electron chi connectivity index (χ0n) is 16.2. The molecule has 0 aromatic heterocycles. The van der Waals surface area contributed by atoms with Gasteiger partial charge in [0.15, 0.2) is 0 Å². The number of aliphatic hydroxyl groups is 1. The van der Waals surface area contributed by atoms with Crippen LogP contribution in [0.5, 0.6) is 5.75 Å². The molecule has 0 spiro atoms. The maximum absolute atomic E-state index is 11.4. The number of carbonyl (C=O) groups is 1. The number of esters is 1. The molecular formula is C25H24O4. The number of hydrogen-bond acceptors (Lipinski definition) is 4. The summed E-state index contributed by atoms with van der Waals surface area (Å²) in [6, 6.07) is 24.3. The van der Waals surface area contributed by atoms with Gasteiger partial charge in [-0.3, -0.25) is 0 Å². The van der Waals surface area contributed by atoms with E-state index in [9.17, 15) is 4.79 Å². The van der Waals surface area contributed by atoms with E-state index in [1.54, 1.807) is 0 Å². The van der Waals surface area contributed by atoms with Gasteiger partial charge in [0.2, 0.25) is 0 Å². The van der Waals surface area contributed by atoms with E-state index in [0.717, 1.165) is 27.8 Å². The van der Waals surface area contributed by atoms with E-state index in [1.807, 2.05) is 42.5 Å². The zero-order chi connectivity index (χ0) is 20.5. The minimum absolute atomic E-state index is 0.0176. The number of carbonyl (C=O) groups excluding carboxylic acids is 1. The quantitative estimate of drug-likeness (QED) is 0.428. The van der Waals surface area contributed by atoms with E-state index in [4.69, 9.17) is 14.6 Å². The second kappa shape index (κ2) is 10.2. The minimum atomic E-state index is -0.420. The van der Waals surface area contributed by atoms with Crippen LogP contribution in [-0.2, 0) is 16.0 Å². The molecule has 148 valence electrons. The monoisotopic (exact) mass is 388 g/mol. The van der Waals surface area contributed by atoms with Crippen molar-refractivity contribution in [1.82, 2.24) is 0 Å². The average molecular weight is 388 g/mol. The van der Waals surface area contributed by atoms with E-state index < -0.39 is 5.97 Å². The van der Waals surface area contributed by atoms with Crippen molar-refractivity contribution in [3.05, 3.63) is 91.0 Å². The molecule has 0 unspecified atom stereocenters. The molecule has 0 aliphatic rings. The van der Waals surface area contributed by atoms with Crippen LogP contribution in [-0.4, -0.2) is 30.9 Å². The molecule has 0 aliphatic heterocycles. The van der Waals surface area contributed by atoms with Gasteiger partial charge in [0.05, 0.1) is 13.2 Å². The lowest BCUT2D eigenvalue weighted by molar-refractivity contribution is -0.137. The lowest BCUT2D eigenvalue weighted by atomic mass is 9.93. The first-order valence-corrected chi connectivity index (χ1v) is 9.53. The molecule has 0 bridgehead atoms. The van der Waals surface area contributed by atoms with Crippen molar-refractivity contribution < 1.29 is 19.4 Å². The van der Waals surface area contributed by atoms with E-state index >= 15 is 0 Å². The van der Waals surface area contributed by atoms with Crippen LogP contribution in [0.4, 0.5) is 0 Å². The number of benzene rings is 3. The summed E-state index contributed by atoms with van der Waals surface area (Å²) in [5.74, 6) is 0.293. The predicted molar refractivity (Wildman–Crippen MR) is 115 cm³/mol. The lowest BCUT2D eigenvalue weighted by Crippen LogP contribution is -2.05. The van der Waals surface area contributed by atoms with Gasteiger partial charge in [0.1, 0.15) is 12.4 Å². The highest BCUT2D eigenvalue weighted by atomic mass is 16.5. The normalized spacial score (nSPS) is 10.4. The summed E-state index contributed by atoms with van der Waals surface area (Å²) in [6.45, 7) is 3.97. The molecular weight excluding hydrogens is 364 g/mol. The van der Waals surface area contributed by atoms with Crippen molar-refractivity contribution in [2.24, 2.45) is 0 Å². The number of aliphatic hydroxyl groups excluding tert-OH is 1. The number of ether oxygens (including phenoxy) is 2. The van der Waals surface area contributed by atoms with Crippen LogP contribution in [0, 0.1) is 0 Å². The van der Waals surface area contributed by atoms with Crippen molar-refractivity contribution in [2.45, 2.75) is 6.42 Å².